The normalized spacial score (nSPS) is 11.7. The summed E-state index contributed by atoms with van der Waals surface area (Å²) in [5.74, 6) is 0. The zero-order chi connectivity index (χ0) is 15.8. The molecule has 6 heteroatoms. The number of hydrogen-bond acceptors (Lipinski definition) is 2. The van der Waals surface area contributed by atoms with Crippen LogP contribution in [0.25, 0.3) is 11.1 Å². The van der Waals surface area contributed by atoms with Crippen LogP contribution in [0.2, 0.25) is 10.2 Å². The van der Waals surface area contributed by atoms with Crippen LogP contribution in [0.4, 0.5) is 0 Å². The predicted molar refractivity (Wildman–Crippen MR) is 86.4 cm³/mol. The van der Waals surface area contributed by atoms with E-state index in [2.05, 4.69) is 4.98 Å². The first-order valence-electron chi connectivity index (χ1n) is 6.59. The zero-order valence-electron chi connectivity index (χ0n) is 12.0. The van der Waals surface area contributed by atoms with E-state index in [1.54, 1.807) is 24.3 Å². The van der Waals surface area contributed by atoms with Crippen molar-refractivity contribution in [1.82, 2.24) is 9.55 Å². The van der Waals surface area contributed by atoms with Crippen LogP contribution in [0.15, 0.2) is 33.9 Å². The standard InChI is InChI=1S/C15H16Cl2N2O2/c1-4-15(2,3)19-13(20)11(12(17)18-14(19)21)9-5-7-10(16)8-6-9/h5-8H,4H2,1-3H3,(H,18,21). The Morgan fingerprint density at radius 3 is 2.24 bits per heavy atom. The molecule has 2 aromatic rings. The van der Waals surface area contributed by atoms with E-state index in [0.717, 1.165) is 0 Å². The van der Waals surface area contributed by atoms with Crippen LogP contribution in [-0.4, -0.2) is 9.55 Å². The number of H-pyrrole nitrogens is 1. The highest BCUT2D eigenvalue weighted by Gasteiger charge is 2.25. The molecule has 1 aromatic heterocycles. The van der Waals surface area contributed by atoms with Gasteiger partial charge in [0.15, 0.2) is 0 Å². The second kappa shape index (κ2) is 5.70. The maximum absolute atomic E-state index is 12.7. The SMILES string of the molecule is CCC(C)(C)n1c(=O)[nH]c(Cl)c(-c2ccc(Cl)cc2)c1=O. The first-order chi connectivity index (χ1) is 9.77. The summed E-state index contributed by atoms with van der Waals surface area (Å²) in [6.07, 6.45) is 0.637. The van der Waals surface area contributed by atoms with Crippen LogP contribution in [0.3, 0.4) is 0 Å². The van der Waals surface area contributed by atoms with Crippen molar-refractivity contribution < 1.29 is 0 Å². The van der Waals surface area contributed by atoms with Gasteiger partial charge in [-0.3, -0.25) is 14.3 Å². The van der Waals surface area contributed by atoms with E-state index in [1.165, 1.54) is 4.57 Å². The Balaban J connectivity index is 2.80. The molecule has 112 valence electrons. The van der Waals surface area contributed by atoms with E-state index in [4.69, 9.17) is 23.2 Å². The molecule has 1 heterocycles. The lowest BCUT2D eigenvalue weighted by Gasteiger charge is -2.25. The molecule has 1 N–H and O–H groups in total. The third-order valence-electron chi connectivity index (χ3n) is 3.66. The second-order valence-corrected chi connectivity index (χ2v) is 6.25. The molecule has 0 radical (unpaired) electrons. The number of benzene rings is 1. The molecule has 4 nitrogen and oxygen atoms in total. The number of aromatic nitrogens is 2. The van der Waals surface area contributed by atoms with Gasteiger partial charge in [-0.05, 0) is 38.0 Å². The van der Waals surface area contributed by atoms with Crippen molar-refractivity contribution in [2.24, 2.45) is 0 Å². The maximum atomic E-state index is 12.7. The number of aromatic amines is 1. The highest BCUT2D eigenvalue weighted by atomic mass is 35.5. The van der Waals surface area contributed by atoms with Crippen molar-refractivity contribution in [2.45, 2.75) is 32.7 Å². The molecule has 0 aliphatic rings. The largest absolute Gasteiger partial charge is 0.330 e. The summed E-state index contributed by atoms with van der Waals surface area (Å²) in [7, 11) is 0. The molecule has 0 aliphatic heterocycles. The lowest BCUT2D eigenvalue weighted by Crippen LogP contribution is -2.46. The topological polar surface area (TPSA) is 54.9 Å². The zero-order valence-corrected chi connectivity index (χ0v) is 13.5. The van der Waals surface area contributed by atoms with Gasteiger partial charge in [0.1, 0.15) is 5.15 Å². The Hall–Kier alpha value is -1.52. The summed E-state index contributed by atoms with van der Waals surface area (Å²) >= 11 is 11.9. The summed E-state index contributed by atoms with van der Waals surface area (Å²) in [5.41, 5.74) is -0.621. The van der Waals surface area contributed by atoms with Gasteiger partial charge >= 0.3 is 5.69 Å². The minimum absolute atomic E-state index is 0.0375. The van der Waals surface area contributed by atoms with E-state index in [-0.39, 0.29) is 10.7 Å². The third kappa shape index (κ3) is 2.92. The fourth-order valence-corrected chi connectivity index (χ4v) is 2.48. The van der Waals surface area contributed by atoms with Gasteiger partial charge in [0.25, 0.3) is 5.56 Å². The summed E-state index contributed by atoms with van der Waals surface area (Å²) in [5, 5.41) is 0.601. The van der Waals surface area contributed by atoms with Crippen LogP contribution < -0.4 is 11.2 Å². The van der Waals surface area contributed by atoms with Crippen molar-refractivity contribution in [2.75, 3.05) is 0 Å². The van der Waals surface area contributed by atoms with Crippen molar-refractivity contribution in [1.29, 1.82) is 0 Å². The predicted octanol–water partition coefficient (Wildman–Crippen LogP) is 3.66. The van der Waals surface area contributed by atoms with Crippen LogP contribution >= 0.6 is 23.2 Å². The quantitative estimate of drug-likeness (QED) is 0.875. The summed E-state index contributed by atoms with van der Waals surface area (Å²) in [4.78, 5) is 27.4. The van der Waals surface area contributed by atoms with Gasteiger partial charge < -0.3 is 0 Å². The minimum atomic E-state index is -0.601. The van der Waals surface area contributed by atoms with E-state index in [1.807, 2.05) is 20.8 Å². The van der Waals surface area contributed by atoms with Crippen molar-refractivity contribution in [3.63, 3.8) is 0 Å². The summed E-state index contributed by atoms with van der Waals surface area (Å²) < 4.78 is 1.21. The molecule has 1 aromatic carbocycles. The molecule has 21 heavy (non-hydrogen) atoms. The molecule has 2 rings (SSSR count). The monoisotopic (exact) mass is 326 g/mol. The van der Waals surface area contributed by atoms with Crippen molar-refractivity contribution >= 4 is 23.2 Å². The highest BCUT2D eigenvalue weighted by molar-refractivity contribution is 6.32. The van der Waals surface area contributed by atoms with Gasteiger partial charge in [-0.1, -0.05) is 42.3 Å². The van der Waals surface area contributed by atoms with Gasteiger partial charge in [0.2, 0.25) is 0 Å². The Morgan fingerprint density at radius 2 is 1.71 bits per heavy atom. The van der Waals surface area contributed by atoms with E-state index in [0.29, 0.717) is 17.0 Å². The lowest BCUT2D eigenvalue weighted by atomic mass is 10.0. The highest BCUT2D eigenvalue weighted by Crippen LogP contribution is 2.24. The number of nitrogens with zero attached hydrogens (tertiary/aromatic N) is 1. The number of halogens is 2. The fraction of sp³-hybridized carbons (Fsp3) is 0.333. The summed E-state index contributed by atoms with van der Waals surface area (Å²) in [6, 6.07) is 6.75. The summed E-state index contributed by atoms with van der Waals surface area (Å²) in [6.45, 7) is 5.59. The van der Waals surface area contributed by atoms with Crippen LogP contribution in [0.5, 0.6) is 0 Å². The average molecular weight is 327 g/mol. The molecule has 0 atom stereocenters. The first kappa shape index (κ1) is 15.9. The fourth-order valence-electron chi connectivity index (χ4n) is 2.08. The molecule has 0 bridgehead atoms. The lowest BCUT2D eigenvalue weighted by molar-refractivity contribution is 0.318. The van der Waals surface area contributed by atoms with Gasteiger partial charge in [0.05, 0.1) is 5.56 Å². The molecular weight excluding hydrogens is 311 g/mol. The molecule has 0 spiro atoms. The smallest absolute Gasteiger partial charge is 0.297 e. The second-order valence-electron chi connectivity index (χ2n) is 5.43. The minimum Gasteiger partial charge on any atom is -0.297 e. The molecular formula is C15H16Cl2N2O2. The van der Waals surface area contributed by atoms with Crippen LogP contribution in [-0.2, 0) is 5.54 Å². The van der Waals surface area contributed by atoms with Gasteiger partial charge in [0, 0.05) is 10.6 Å². The third-order valence-corrected chi connectivity index (χ3v) is 4.20. The average Bonchev–Trinajstić information content (AvgIpc) is 2.40. The van der Waals surface area contributed by atoms with Gasteiger partial charge in [-0.2, -0.15) is 0 Å². The Bertz CT molecular complexity index is 774. The van der Waals surface area contributed by atoms with Gasteiger partial charge in [-0.25, -0.2) is 4.79 Å². The number of nitrogens with one attached hydrogen (secondary N) is 1. The maximum Gasteiger partial charge on any atom is 0.330 e. The van der Waals surface area contributed by atoms with Crippen molar-refractivity contribution in [3.05, 3.63) is 55.3 Å². The van der Waals surface area contributed by atoms with Crippen molar-refractivity contribution in [3.8, 4) is 11.1 Å². The Kier molecular flexibility index (Phi) is 4.30. The molecule has 0 saturated heterocycles. The molecule has 0 unspecified atom stereocenters. The first-order valence-corrected chi connectivity index (χ1v) is 7.34. The number of hydrogen-bond donors (Lipinski definition) is 1. The Morgan fingerprint density at radius 1 is 1.14 bits per heavy atom. The van der Waals surface area contributed by atoms with Crippen LogP contribution in [0.1, 0.15) is 27.2 Å². The number of rotatable bonds is 3. The Labute approximate surface area is 132 Å². The van der Waals surface area contributed by atoms with Gasteiger partial charge in [-0.15, -0.1) is 0 Å². The molecule has 0 fully saturated rings. The van der Waals surface area contributed by atoms with Crippen LogP contribution in [0, 0.1) is 0 Å². The van der Waals surface area contributed by atoms with E-state index >= 15 is 0 Å². The van der Waals surface area contributed by atoms with E-state index < -0.39 is 16.8 Å². The molecule has 0 amide bonds. The molecule has 0 saturated carbocycles. The van der Waals surface area contributed by atoms with E-state index in [9.17, 15) is 9.59 Å². The molecule has 0 aliphatic carbocycles.